The standard InChI is InChI=1S/C18H16BrN3O4/c1-13-7-8-17(16(9-13)22(24)25)26-12-18(23)21-20-11-15(19)10-14-5-3-2-4-6-14/h2-11H,12H2,1H3,(H,21,23). The number of nitrogens with zero attached hydrogens (tertiary/aromatic N) is 2. The molecule has 8 heteroatoms. The fourth-order valence-corrected chi connectivity index (χ4v) is 2.35. The number of hydrazone groups is 1. The minimum absolute atomic E-state index is 0.0323. The molecule has 0 bridgehead atoms. The molecule has 26 heavy (non-hydrogen) atoms. The monoisotopic (exact) mass is 417 g/mol. The number of aryl methyl sites for hydroxylation is 1. The van der Waals surface area contributed by atoms with Crippen LogP contribution in [0, 0.1) is 17.0 Å². The maximum atomic E-state index is 11.7. The minimum Gasteiger partial charge on any atom is -0.477 e. The summed E-state index contributed by atoms with van der Waals surface area (Å²) in [6, 6.07) is 14.1. The van der Waals surface area contributed by atoms with E-state index in [2.05, 4.69) is 26.5 Å². The minimum atomic E-state index is -0.552. The summed E-state index contributed by atoms with van der Waals surface area (Å²) in [6.07, 6.45) is 3.26. The first-order valence-corrected chi connectivity index (χ1v) is 8.37. The van der Waals surface area contributed by atoms with E-state index in [-0.39, 0.29) is 18.0 Å². The normalized spacial score (nSPS) is 11.4. The molecule has 1 amide bonds. The van der Waals surface area contributed by atoms with Crippen LogP contribution in [0.5, 0.6) is 5.75 Å². The fraction of sp³-hybridized carbons (Fsp3) is 0.111. The number of allylic oxidation sites excluding steroid dienone is 1. The van der Waals surface area contributed by atoms with E-state index in [9.17, 15) is 14.9 Å². The van der Waals surface area contributed by atoms with Crippen molar-refractivity contribution in [2.45, 2.75) is 6.92 Å². The molecule has 0 aromatic heterocycles. The number of hydrogen-bond acceptors (Lipinski definition) is 5. The van der Waals surface area contributed by atoms with Crippen molar-refractivity contribution in [3.8, 4) is 5.75 Å². The van der Waals surface area contributed by atoms with Crippen molar-refractivity contribution in [3.63, 3.8) is 0 Å². The molecule has 0 saturated heterocycles. The third kappa shape index (κ3) is 6.14. The van der Waals surface area contributed by atoms with Crippen molar-refractivity contribution in [2.24, 2.45) is 5.10 Å². The molecule has 1 N–H and O–H groups in total. The number of rotatable bonds is 7. The number of nitro benzene ring substituents is 1. The van der Waals surface area contributed by atoms with Crippen LogP contribution in [0.15, 0.2) is 58.1 Å². The highest BCUT2D eigenvalue weighted by Gasteiger charge is 2.16. The fourth-order valence-electron chi connectivity index (χ4n) is 1.98. The Kier molecular flexibility index (Phi) is 7.04. The van der Waals surface area contributed by atoms with Gasteiger partial charge in [-0.05, 0) is 46.1 Å². The van der Waals surface area contributed by atoms with Crippen LogP contribution < -0.4 is 10.2 Å². The number of carbonyl (C=O) groups is 1. The Labute approximate surface area is 158 Å². The molecule has 0 spiro atoms. The van der Waals surface area contributed by atoms with E-state index in [1.807, 2.05) is 36.4 Å². The smallest absolute Gasteiger partial charge is 0.311 e. The quantitative estimate of drug-likeness (QED) is 0.420. The topological polar surface area (TPSA) is 93.8 Å². The van der Waals surface area contributed by atoms with E-state index in [1.54, 1.807) is 13.0 Å². The first-order valence-electron chi connectivity index (χ1n) is 7.57. The molecule has 0 aliphatic carbocycles. The third-order valence-corrected chi connectivity index (χ3v) is 3.58. The average Bonchev–Trinajstić information content (AvgIpc) is 2.61. The van der Waals surface area contributed by atoms with Crippen LogP contribution in [-0.2, 0) is 4.79 Å². The molecule has 7 nitrogen and oxygen atoms in total. The Bertz CT molecular complexity index is 851. The number of hydrogen-bond donors (Lipinski definition) is 1. The van der Waals surface area contributed by atoms with Crippen LogP contribution in [0.1, 0.15) is 11.1 Å². The zero-order valence-electron chi connectivity index (χ0n) is 13.9. The van der Waals surface area contributed by atoms with Gasteiger partial charge < -0.3 is 4.74 Å². The number of carbonyl (C=O) groups excluding carboxylic acids is 1. The molecule has 0 aliphatic heterocycles. The zero-order valence-corrected chi connectivity index (χ0v) is 15.5. The first-order chi connectivity index (χ1) is 12.5. The molecule has 0 atom stereocenters. The maximum absolute atomic E-state index is 11.7. The molecule has 0 aliphatic rings. The Morgan fingerprint density at radius 3 is 2.73 bits per heavy atom. The Morgan fingerprint density at radius 1 is 1.31 bits per heavy atom. The second-order valence-electron chi connectivity index (χ2n) is 5.25. The summed E-state index contributed by atoms with van der Waals surface area (Å²) >= 11 is 3.33. The Hall–Kier alpha value is -3.00. The van der Waals surface area contributed by atoms with Gasteiger partial charge in [0.2, 0.25) is 0 Å². The van der Waals surface area contributed by atoms with E-state index in [4.69, 9.17) is 4.74 Å². The van der Waals surface area contributed by atoms with Crippen LogP contribution in [0.4, 0.5) is 5.69 Å². The lowest BCUT2D eigenvalue weighted by Crippen LogP contribution is -2.24. The first kappa shape index (κ1) is 19.3. The highest BCUT2D eigenvalue weighted by atomic mass is 79.9. The molecular weight excluding hydrogens is 402 g/mol. The molecular formula is C18H16BrN3O4. The van der Waals surface area contributed by atoms with E-state index in [0.29, 0.717) is 4.48 Å². The molecule has 2 aromatic carbocycles. The third-order valence-electron chi connectivity index (χ3n) is 3.15. The zero-order chi connectivity index (χ0) is 18.9. The molecule has 0 fully saturated rings. The number of halogens is 1. The Balaban J connectivity index is 1.88. The van der Waals surface area contributed by atoms with Gasteiger partial charge in [-0.15, -0.1) is 0 Å². The molecule has 0 unspecified atom stereocenters. The van der Waals surface area contributed by atoms with Crippen molar-refractivity contribution < 1.29 is 14.5 Å². The highest BCUT2D eigenvalue weighted by Crippen LogP contribution is 2.27. The highest BCUT2D eigenvalue weighted by molar-refractivity contribution is 9.12. The largest absolute Gasteiger partial charge is 0.477 e. The molecule has 134 valence electrons. The van der Waals surface area contributed by atoms with Crippen LogP contribution >= 0.6 is 15.9 Å². The van der Waals surface area contributed by atoms with Gasteiger partial charge >= 0.3 is 5.69 Å². The number of benzene rings is 2. The van der Waals surface area contributed by atoms with Crippen molar-refractivity contribution in [2.75, 3.05) is 6.61 Å². The lowest BCUT2D eigenvalue weighted by atomic mass is 10.2. The molecule has 0 heterocycles. The molecule has 0 radical (unpaired) electrons. The summed E-state index contributed by atoms with van der Waals surface area (Å²) in [4.78, 5) is 22.2. The van der Waals surface area contributed by atoms with Gasteiger partial charge in [0.15, 0.2) is 12.4 Å². The Morgan fingerprint density at radius 2 is 2.04 bits per heavy atom. The van der Waals surface area contributed by atoms with Crippen LogP contribution in [0.25, 0.3) is 6.08 Å². The van der Waals surface area contributed by atoms with Gasteiger partial charge in [0.25, 0.3) is 5.91 Å². The van der Waals surface area contributed by atoms with Crippen LogP contribution in [0.2, 0.25) is 0 Å². The predicted molar refractivity (Wildman–Crippen MR) is 103 cm³/mol. The van der Waals surface area contributed by atoms with Gasteiger partial charge in [-0.3, -0.25) is 14.9 Å². The van der Waals surface area contributed by atoms with Gasteiger partial charge in [0.05, 0.1) is 11.1 Å². The second-order valence-corrected chi connectivity index (χ2v) is 6.17. The number of ether oxygens (including phenoxy) is 1. The number of nitrogens with one attached hydrogen (secondary N) is 1. The summed E-state index contributed by atoms with van der Waals surface area (Å²) in [5.74, 6) is -0.499. The van der Waals surface area contributed by atoms with Crippen molar-refractivity contribution >= 4 is 39.8 Å². The summed E-state index contributed by atoms with van der Waals surface area (Å²) in [6.45, 7) is 1.35. The number of nitro groups is 1. The van der Waals surface area contributed by atoms with Crippen LogP contribution in [-0.4, -0.2) is 23.7 Å². The maximum Gasteiger partial charge on any atom is 0.311 e. The van der Waals surface area contributed by atoms with Gasteiger partial charge in [-0.25, -0.2) is 5.43 Å². The van der Waals surface area contributed by atoms with E-state index in [0.717, 1.165) is 11.1 Å². The van der Waals surface area contributed by atoms with Gasteiger partial charge in [-0.2, -0.15) is 5.10 Å². The predicted octanol–water partition coefficient (Wildman–Crippen LogP) is 3.82. The summed E-state index contributed by atoms with van der Waals surface area (Å²) < 4.78 is 5.88. The molecule has 2 aromatic rings. The SMILES string of the molecule is Cc1ccc(OCC(=O)NN=CC(Br)=Cc2ccccc2)c([N+](=O)[O-])c1. The van der Waals surface area contributed by atoms with Crippen molar-refractivity contribution in [3.05, 3.63) is 74.3 Å². The van der Waals surface area contributed by atoms with E-state index < -0.39 is 10.8 Å². The second kappa shape index (κ2) is 9.47. The summed E-state index contributed by atoms with van der Waals surface area (Å²) in [5, 5.41) is 14.8. The number of amides is 1. The van der Waals surface area contributed by atoms with E-state index >= 15 is 0 Å². The van der Waals surface area contributed by atoms with Crippen molar-refractivity contribution in [1.82, 2.24) is 5.43 Å². The molecule has 0 saturated carbocycles. The van der Waals surface area contributed by atoms with Gasteiger partial charge in [0, 0.05) is 10.5 Å². The van der Waals surface area contributed by atoms with Crippen LogP contribution in [0.3, 0.4) is 0 Å². The summed E-state index contributed by atoms with van der Waals surface area (Å²) in [7, 11) is 0. The lowest BCUT2D eigenvalue weighted by molar-refractivity contribution is -0.385. The molecule has 2 rings (SSSR count). The van der Waals surface area contributed by atoms with Crippen molar-refractivity contribution in [1.29, 1.82) is 0 Å². The lowest BCUT2D eigenvalue weighted by Gasteiger charge is -2.06. The van der Waals surface area contributed by atoms with Gasteiger partial charge in [-0.1, -0.05) is 36.4 Å². The average molecular weight is 418 g/mol. The van der Waals surface area contributed by atoms with Gasteiger partial charge in [0.1, 0.15) is 0 Å². The van der Waals surface area contributed by atoms with E-state index in [1.165, 1.54) is 18.3 Å². The summed E-state index contributed by atoms with van der Waals surface area (Å²) in [5.41, 5.74) is 3.82.